The van der Waals surface area contributed by atoms with Crippen LogP contribution < -0.4 is 10.4 Å². The monoisotopic (exact) mass is 515 g/mol. The largest absolute Gasteiger partial charge is 0.284 e. The van der Waals surface area contributed by atoms with E-state index in [4.69, 9.17) is 4.98 Å². The number of rotatable bonds is 3. The third-order valence-corrected chi connectivity index (χ3v) is 7.30. The van der Waals surface area contributed by atoms with Crippen LogP contribution in [0.15, 0.2) is 124 Å². The number of fused-ring (bicyclic) bond motifs is 4. The average Bonchev–Trinajstić information content (AvgIpc) is 3.52. The molecule has 4 aromatic carbocycles. The molecule has 182 valence electrons. The fourth-order valence-electron chi connectivity index (χ4n) is 4.73. The number of para-hydroxylation sites is 3. The molecule has 0 saturated carbocycles. The second kappa shape index (κ2) is 8.86. The number of halogens is 1. The lowest BCUT2D eigenvalue weighted by Crippen LogP contribution is -2.21. The minimum Gasteiger partial charge on any atom is -0.284 e. The Kier molecular flexibility index (Phi) is 5.19. The van der Waals surface area contributed by atoms with Crippen molar-refractivity contribution in [3.63, 3.8) is 0 Å². The summed E-state index contributed by atoms with van der Waals surface area (Å²) in [6.07, 6.45) is 0. The van der Waals surface area contributed by atoms with E-state index in [1.165, 1.54) is 23.5 Å². The van der Waals surface area contributed by atoms with Crippen LogP contribution in [0.4, 0.5) is 4.39 Å². The molecule has 0 bridgehead atoms. The molecule has 2 aromatic heterocycles. The predicted octanol–water partition coefficient (Wildman–Crippen LogP) is 5.71. The SMILES string of the molecule is O=c1c2ccccc2nc2n1-c1ccccc1/C2=N/N=c1/scc(-c2ccc(F)cc2)n1-c1ccccc1. The molecule has 0 unspecified atom stereocenters. The Morgan fingerprint density at radius 2 is 1.50 bits per heavy atom. The maximum absolute atomic E-state index is 13.6. The Bertz CT molecular complexity index is 2000. The van der Waals surface area contributed by atoms with Gasteiger partial charge in [0.1, 0.15) is 11.5 Å². The zero-order valence-electron chi connectivity index (χ0n) is 19.8. The molecule has 7 rings (SSSR count). The minimum atomic E-state index is -0.291. The van der Waals surface area contributed by atoms with Crippen LogP contribution in [0.1, 0.15) is 11.4 Å². The summed E-state index contributed by atoms with van der Waals surface area (Å²) in [5, 5.41) is 11.9. The summed E-state index contributed by atoms with van der Waals surface area (Å²) in [5.74, 6) is 0.167. The first-order chi connectivity index (χ1) is 18.7. The van der Waals surface area contributed by atoms with E-state index >= 15 is 0 Å². The Morgan fingerprint density at radius 1 is 0.763 bits per heavy atom. The number of nitrogens with zero attached hydrogens (tertiary/aromatic N) is 5. The molecule has 1 aliphatic rings. The van der Waals surface area contributed by atoms with Crippen molar-refractivity contribution in [2.45, 2.75) is 0 Å². The molecule has 3 heterocycles. The van der Waals surface area contributed by atoms with Gasteiger partial charge in [0.15, 0.2) is 5.82 Å². The average molecular weight is 516 g/mol. The molecule has 1 aliphatic heterocycles. The minimum absolute atomic E-state index is 0.141. The first-order valence-corrected chi connectivity index (χ1v) is 12.8. The standard InChI is InChI=1S/C30H18FN5OS/c31-20-16-14-19(15-17-20)26-18-38-30(35(26)21-8-2-1-3-9-21)34-33-27-23-11-5-7-13-25(23)36-28(27)32-24-12-6-4-10-22(24)29(36)37/h1-18H/b33-27-,34-30+. The highest BCUT2D eigenvalue weighted by molar-refractivity contribution is 7.07. The van der Waals surface area contributed by atoms with Crippen LogP contribution in [0.25, 0.3) is 33.5 Å². The molecule has 6 nitrogen and oxygen atoms in total. The van der Waals surface area contributed by atoms with Crippen LogP contribution in [0, 0.1) is 5.82 Å². The van der Waals surface area contributed by atoms with Crippen LogP contribution in [0.3, 0.4) is 0 Å². The van der Waals surface area contributed by atoms with Gasteiger partial charge in [-0.2, -0.15) is 0 Å². The van der Waals surface area contributed by atoms with Crippen molar-refractivity contribution < 1.29 is 4.39 Å². The maximum Gasteiger partial charge on any atom is 0.266 e. The second-order valence-electron chi connectivity index (χ2n) is 8.74. The third kappa shape index (κ3) is 3.54. The van der Waals surface area contributed by atoms with Gasteiger partial charge in [0.25, 0.3) is 5.56 Å². The number of thiazole rings is 1. The second-order valence-corrected chi connectivity index (χ2v) is 9.58. The fraction of sp³-hybridized carbons (Fsp3) is 0. The van der Waals surface area contributed by atoms with Crippen LogP contribution in [0.2, 0.25) is 0 Å². The molecule has 0 saturated heterocycles. The van der Waals surface area contributed by atoms with Crippen LogP contribution in [-0.2, 0) is 0 Å². The van der Waals surface area contributed by atoms with Crippen molar-refractivity contribution in [1.82, 2.24) is 14.1 Å². The summed E-state index contributed by atoms with van der Waals surface area (Å²) >= 11 is 1.43. The van der Waals surface area contributed by atoms with Gasteiger partial charge in [0, 0.05) is 16.6 Å². The first-order valence-electron chi connectivity index (χ1n) is 11.9. The molecule has 0 fully saturated rings. The fourth-order valence-corrected chi connectivity index (χ4v) is 5.58. The Hall–Kier alpha value is -4.95. The normalized spacial score (nSPS) is 13.7. The summed E-state index contributed by atoms with van der Waals surface area (Å²) in [6.45, 7) is 0. The Labute approximate surface area is 220 Å². The third-order valence-electron chi connectivity index (χ3n) is 6.49. The quantitative estimate of drug-likeness (QED) is 0.283. The number of hydrogen-bond donors (Lipinski definition) is 0. The zero-order chi connectivity index (χ0) is 25.6. The van der Waals surface area contributed by atoms with Crippen LogP contribution in [-0.4, -0.2) is 19.8 Å². The van der Waals surface area contributed by atoms with Gasteiger partial charge >= 0.3 is 0 Å². The number of benzene rings is 4. The van der Waals surface area contributed by atoms with Gasteiger partial charge in [-0.05, 0) is 60.2 Å². The van der Waals surface area contributed by atoms with E-state index in [0.717, 1.165) is 28.2 Å². The van der Waals surface area contributed by atoms with E-state index in [1.807, 2.05) is 82.7 Å². The van der Waals surface area contributed by atoms with Crippen LogP contribution >= 0.6 is 11.3 Å². The van der Waals surface area contributed by atoms with Crippen molar-refractivity contribution in [1.29, 1.82) is 0 Å². The van der Waals surface area contributed by atoms with Crippen molar-refractivity contribution >= 4 is 28.0 Å². The van der Waals surface area contributed by atoms with E-state index in [1.54, 1.807) is 22.8 Å². The van der Waals surface area contributed by atoms with Crippen molar-refractivity contribution in [3.05, 3.63) is 141 Å². The lowest BCUT2D eigenvalue weighted by atomic mass is 10.1. The highest BCUT2D eigenvalue weighted by Crippen LogP contribution is 2.27. The molecule has 8 heteroatoms. The zero-order valence-corrected chi connectivity index (χ0v) is 20.6. The van der Waals surface area contributed by atoms with Crippen molar-refractivity contribution in [2.24, 2.45) is 10.2 Å². The summed E-state index contributed by atoms with van der Waals surface area (Å²) in [4.78, 5) is 18.9. The van der Waals surface area contributed by atoms with Gasteiger partial charge < -0.3 is 0 Å². The Morgan fingerprint density at radius 3 is 2.34 bits per heavy atom. The number of hydrogen-bond acceptors (Lipinski definition) is 5. The highest BCUT2D eigenvalue weighted by Gasteiger charge is 2.28. The highest BCUT2D eigenvalue weighted by atomic mass is 32.1. The summed E-state index contributed by atoms with van der Waals surface area (Å²) in [6, 6.07) is 31.1. The summed E-state index contributed by atoms with van der Waals surface area (Å²) < 4.78 is 17.2. The van der Waals surface area contributed by atoms with Gasteiger partial charge in [-0.1, -0.05) is 48.5 Å². The smallest absolute Gasteiger partial charge is 0.266 e. The molecule has 0 atom stereocenters. The summed E-state index contributed by atoms with van der Waals surface area (Å²) in [5.41, 5.74) is 5.14. The van der Waals surface area contributed by atoms with E-state index < -0.39 is 0 Å². The van der Waals surface area contributed by atoms with Gasteiger partial charge in [-0.3, -0.25) is 13.9 Å². The van der Waals surface area contributed by atoms with Gasteiger partial charge in [0.05, 0.1) is 22.3 Å². The molecule has 38 heavy (non-hydrogen) atoms. The lowest BCUT2D eigenvalue weighted by molar-refractivity contribution is 0.628. The van der Waals surface area contributed by atoms with Gasteiger partial charge in [-0.15, -0.1) is 21.5 Å². The maximum atomic E-state index is 13.6. The molecular formula is C30H18FN5OS. The summed E-state index contributed by atoms with van der Waals surface area (Å²) in [7, 11) is 0. The molecule has 0 radical (unpaired) electrons. The van der Waals surface area contributed by atoms with Gasteiger partial charge in [-0.25, -0.2) is 9.37 Å². The molecule has 0 spiro atoms. The van der Waals surface area contributed by atoms with Crippen molar-refractivity contribution in [3.8, 4) is 22.6 Å². The van der Waals surface area contributed by atoms with E-state index in [-0.39, 0.29) is 11.4 Å². The van der Waals surface area contributed by atoms with E-state index in [9.17, 15) is 9.18 Å². The Balaban J connectivity index is 1.47. The van der Waals surface area contributed by atoms with E-state index in [0.29, 0.717) is 27.2 Å². The molecule has 0 aliphatic carbocycles. The first kappa shape index (κ1) is 22.3. The van der Waals surface area contributed by atoms with E-state index in [2.05, 4.69) is 10.2 Å². The molecule has 0 N–H and O–H groups in total. The molecule has 6 aromatic rings. The van der Waals surface area contributed by atoms with Crippen LogP contribution in [0.5, 0.6) is 0 Å². The molecule has 0 amide bonds. The lowest BCUT2D eigenvalue weighted by Gasteiger charge is -2.09. The molecular weight excluding hydrogens is 497 g/mol. The van der Waals surface area contributed by atoms with Crippen molar-refractivity contribution in [2.75, 3.05) is 0 Å². The topological polar surface area (TPSA) is 64.5 Å². The van der Waals surface area contributed by atoms with Gasteiger partial charge in [0.2, 0.25) is 4.80 Å². The predicted molar refractivity (Wildman–Crippen MR) is 148 cm³/mol. The number of aromatic nitrogens is 3.